The second-order valence-corrected chi connectivity index (χ2v) is 8.62. The minimum absolute atomic E-state index is 0.197. The van der Waals surface area contributed by atoms with Crippen molar-refractivity contribution >= 4 is 28.5 Å². The Morgan fingerprint density at radius 3 is 2.43 bits per heavy atom. The van der Waals surface area contributed by atoms with Gasteiger partial charge >= 0.3 is 0 Å². The van der Waals surface area contributed by atoms with Gasteiger partial charge in [-0.25, -0.2) is 0 Å². The number of nitrogens with one attached hydrogen (secondary N) is 2. The van der Waals surface area contributed by atoms with Crippen LogP contribution in [-0.2, 0) is 17.8 Å². The molecular weight excluding hydrogens is 442 g/mol. The number of aromatic amines is 1. The Balaban J connectivity index is 1.29. The Morgan fingerprint density at radius 2 is 1.63 bits per heavy atom. The third-order valence-electron chi connectivity index (χ3n) is 6.40. The van der Waals surface area contributed by atoms with Gasteiger partial charge in [0.15, 0.2) is 5.78 Å². The number of aliphatic hydroxyl groups is 1. The van der Waals surface area contributed by atoms with Crippen LogP contribution in [0.3, 0.4) is 0 Å². The number of H-pyrrole nitrogens is 1. The molecule has 0 saturated carbocycles. The molecule has 7 nitrogen and oxygen atoms in total. The van der Waals surface area contributed by atoms with Gasteiger partial charge in [-0.3, -0.25) is 14.4 Å². The first-order valence-electron chi connectivity index (χ1n) is 11.5. The molecule has 35 heavy (non-hydrogen) atoms. The van der Waals surface area contributed by atoms with E-state index in [-0.39, 0.29) is 17.3 Å². The highest BCUT2D eigenvalue weighted by atomic mass is 16.3. The second kappa shape index (κ2) is 9.56. The van der Waals surface area contributed by atoms with Crippen LogP contribution >= 0.6 is 0 Å². The summed E-state index contributed by atoms with van der Waals surface area (Å²) < 4.78 is 0. The highest BCUT2D eigenvalue weighted by Crippen LogP contribution is 2.27. The fraction of sp³-hybridized carbons (Fsp3) is 0.179. The standard InChI is InChI=1S/C28H25N3O4/c32-17-25(28(35)31-14-13-22-21-11-4-5-12-23(21)29-24(22)16-31)30-27(34)20-10-6-9-19(15-20)26(33)18-7-2-1-3-8-18/h1-12,15,25,29,32H,13-14,16-17H2,(H,30,34). The Bertz CT molecular complexity index is 1410. The van der Waals surface area contributed by atoms with Crippen molar-refractivity contribution in [1.82, 2.24) is 15.2 Å². The second-order valence-electron chi connectivity index (χ2n) is 8.62. The number of benzene rings is 3. The van der Waals surface area contributed by atoms with Gasteiger partial charge in [0.05, 0.1) is 13.2 Å². The van der Waals surface area contributed by atoms with Crippen LogP contribution in [0.2, 0.25) is 0 Å². The number of aliphatic hydroxyl groups excluding tert-OH is 1. The molecule has 1 aliphatic heterocycles. The fourth-order valence-electron chi connectivity index (χ4n) is 4.59. The molecule has 0 spiro atoms. The first-order valence-corrected chi connectivity index (χ1v) is 11.5. The van der Waals surface area contributed by atoms with Crippen molar-refractivity contribution in [2.45, 2.75) is 19.0 Å². The molecule has 1 aliphatic rings. The zero-order valence-electron chi connectivity index (χ0n) is 19.0. The lowest BCUT2D eigenvalue weighted by Gasteiger charge is -2.30. The van der Waals surface area contributed by atoms with Gasteiger partial charge in [0.2, 0.25) is 5.91 Å². The molecule has 1 unspecified atom stereocenters. The first kappa shape index (κ1) is 22.6. The van der Waals surface area contributed by atoms with Crippen molar-refractivity contribution in [1.29, 1.82) is 0 Å². The zero-order valence-corrected chi connectivity index (χ0v) is 19.0. The van der Waals surface area contributed by atoms with E-state index < -0.39 is 18.6 Å². The van der Waals surface area contributed by atoms with Crippen molar-refractivity contribution in [2.75, 3.05) is 13.2 Å². The smallest absolute Gasteiger partial charge is 0.252 e. The van der Waals surface area contributed by atoms with E-state index in [2.05, 4.69) is 16.4 Å². The van der Waals surface area contributed by atoms with Gasteiger partial charge < -0.3 is 20.3 Å². The summed E-state index contributed by atoms with van der Waals surface area (Å²) in [7, 11) is 0. The normalized spacial score (nSPS) is 13.8. The van der Waals surface area contributed by atoms with Crippen LogP contribution in [0.1, 0.15) is 37.5 Å². The maximum Gasteiger partial charge on any atom is 0.252 e. The van der Waals surface area contributed by atoms with Crippen molar-refractivity contribution in [2.24, 2.45) is 0 Å². The molecule has 0 radical (unpaired) electrons. The molecule has 3 N–H and O–H groups in total. The molecule has 2 amide bonds. The van der Waals surface area contributed by atoms with Crippen LogP contribution in [0.5, 0.6) is 0 Å². The number of hydrogen-bond donors (Lipinski definition) is 3. The highest BCUT2D eigenvalue weighted by Gasteiger charge is 2.30. The van der Waals surface area contributed by atoms with Crippen LogP contribution in [0.4, 0.5) is 0 Å². The fourth-order valence-corrected chi connectivity index (χ4v) is 4.59. The number of ketones is 1. The number of aromatic nitrogens is 1. The van der Waals surface area contributed by atoms with Crippen LogP contribution in [0.15, 0.2) is 78.9 Å². The number of nitrogens with zero attached hydrogens (tertiary/aromatic N) is 1. The molecule has 0 bridgehead atoms. The van der Waals surface area contributed by atoms with E-state index in [0.717, 1.165) is 16.6 Å². The molecule has 5 rings (SSSR count). The number of carbonyl (C=O) groups excluding carboxylic acids is 3. The van der Waals surface area contributed by atoms with Gasteiger partial charge in [0.1, 0.15) is 6.04 Å². The van der Waals surface area contributed by atoms with E-state index in [0.29, 0.717) is 30.6 Å². The third-order valence-corrected chi connectivity index (χ3v) is 6.40. The summed E-state index contributed by atoms with van der Waals surface area (Å²) in [6.07, 6.45) is 0.695. The van der Waals surface area contributed by atoms with Crippen molar-refractivity contribution in [3.8, 4) is 0 Å². The van der Waals surface area contributed by atoms with Crippen LogP contribution in [0.25, 0.3) is 10.9 Å². The Hall–Kier alpha value is -4.23. The largest absolute Gasteiger partial charge is 0.394 e. The molecule has 7 heteroatoms. The molecule has 1 aromatic heterocycles. The monoisotopic (exact) mass is 467 g/mol. The minimum atomic E-state index is -1.08. The number of hydrogen-bond acceptors (Lipinski definition) is 4. The van der Waals surface area contributed by atoms with Gasteiger partial charge in [-0.05, 0) is 30.2 Å². The highest BCUT2D eigenvalue weighted by molar-refractivity contribution is 6.10. The number of fused-ring (bicyclic) bond motifs is 3. The summed E-state index contributed by atoms with van der Waals surface area (Å²) in [6.45, 7) is 0.362. The SMILES string of the molecule is O=C(NC(CO)C(=O)N1CCc2c([nH]c3ccccc23)C1)c1cccc(C(=O)c2ccccc2)c1. The van der Waals surface area contributed by atoms with Crippen LogP contribution < -0.4 is 5.32 Å². The average molecular weight is 468 g/mol. The lowest BCUT2D eigenvalue weighted by atomic mass is 10.0. The van der Waals surface area contributed by atoms with E-state index in [1.807, 2.05) is 24.3 Å². The Morgan fingerprint density at radius 1 is 0.914 bits per heavy atom. The van der Waals surface area contributed by atoms with Gasteiger partial charge in [-0.15, -0.1) is 0 Å². The third kappa shape index (κ3) is 4.46. The Kier molecular flexibility index (Phi) is 6.16. The predicted molar refractivity (Wildman–Crippen MR) is 132 cm³/mol. The molecule has 0 saturated heterocycles. The summed E-state index contributed by atoms with van der Waals surface area (Å²) in [5.41, 5.74) is 4.35. The lowest BCUT2D eigenvalue weighted by molar-refractivity contribution is -0.135. The summed E-state index contributed by atoms with van der Waals surface area (Å²) in [4.78, 5) is 43.9. The Labute approximate surface area is 202 Å². The molecule has 0 fully saturated rings. The molecule has 0 aliphatic carbocycles. The minimum Gasteiger partial charge on any atom is -0.394 e. The van der Waals surface area contributed by atoms with E-state index >= 15 is 0 Å². The van der Waals surface area contributed by atoms with Gasteiger partial charge in [-0.2, -0.15) is 0 Å². The van der Waals surface area contributed by atoms with E-state index in [4.69, 9.17) is 0 Å². The van der Waals surface area contributed by atoms with E-state index in [1.165, 1.54) is 11.6 Å². The summed E-state index contributed by atoms with van der Waals surface area (Å²) in [5.74, 6) is -1.07. The van der Waals surface area contributed by atoms with Gasteiger partial charge in [-0.1, -0.05) is 60.7 Å². The molecule has 176 valence electrons. The molecular formula is C28H25N3O4. The lowest BCUT2D eigenvalue weighted by Crippen LogP contribution is -2.51. The molecule has 4 aromatic rings. The van der Waals surface area contributed by atoms with Gasteiger partial charge in [0, 0.05) is 39.8 Å². The number of para-hydroxylation sites is 1. The van der Waals surface area contributed by atoms with Crippen molar-refractivity contribution in [3.05, 3.63) is 107 Å². The predicted octanol–water partition coefficient (Wildman–Crippen LogP) is 3.07. The number of carbonyl (C=O) groups is 3. The van der Waals surface area contributed by atoms with Crippen molar-refractivity contribution in [3.63, 3.8) is 0 Å². The summed E-state index contributed by atoms with van der Waals surface area (Å²) >= 11 is 0. The first-order chi connectivity index (χ1) is 17.0. The number of amides is 2. The van der Waals surface area contributed by atoms with Gasteiger partial charge in [0.25, 0.3) is 5.91 Å². The maximum absolute atomic E-state index is 13.2. The summed E-state index contributed by atoms with van der Waals surface area (Å²) in [5, 5.41) is 13.7. The zero-order chi connectivity index (χ0) is 24.4. The number of rotatable bonds is 6. The molecule has 3 aromatic carbocycles. The maximum atomic E-state index is 13.2. The topological polar surface area (TPSA) is 102 Å². The quantitative estimate of drug-likeness (QED) is 0.379. The van der Waals surface area contributed by atoms with Crippen molar-refractivity contribution < 1.29 is 19.5 Å². The molecule has 2 heterocycles. The average Bonchev–Trinajstić information content (AvgIpc) is 3.29. The van der Waals surface area contributed by atoms with Crippen LogP contribution in [-0.4, -0.2) is 51.8 Å². The summed E-state index contributed by atoms with van der Waals surface area (Å²) in [6, 6.07) is 22.1. The molecule has 1 atom stereocenters. The van der Waals surface area contributed by atoms with E-state index in [9.17, 15) is 19.5 Å². The van der Waals surface area contributed by atoms with Crippen LogP contribution in [0, 0.1) is 0 Å². The van der Waals surface area contributed by atoms with E-state index in [1.54, 1.807) is 47.4 Å².